The molecule has 2 unspecified atom stereocenters. The third kappa shape index (κ3) is 3.70. The van der Waals surface area contributed by atoms with Crippen LogP contribution in [0.1, 0.15) is 56.9 Å². The van der Waals surface area contributed by atoms with Gasteiger partial charge in [-0.05, 0) is 36.0 Å². The van der Waals surface area contributed by atoms with E-state index in [1.54, 1.807) is 0 Å². The van der Waals surface area contributed by atoms with Gasteiger partial charge in [-0.2, -0.15) is 0 Å². The molecule has 2 heteroatoms. The van der Waals surface area contributed by atoms with Crippen molar-refractivity contribution in [3.63, 3.8) is 0 Å². The fourth-order valence-electron chi connectivity index (χ4n) is 2.82. The van der Waals surface area contributed by atoms with E-state index in [4.69, 9.17) is 11.6 Å². The van der Waals surface area contributed by atoms with E-state index in [0.29, 0.717) is 5.92 Å². The lowest BCUT2D eigenvalue weighted by Gasteiger charge is -2.26. The fraction of sp³-hybridized carbons (Fsp3) is 0.667. The Bertz CT molecular complexity index is 319. The Hall–Kier alpha value is -0.560. The fourth-order valence-corrected chi connectivity index (χ4v) is 3.22. The third-order valence-electron chi connectivity index (χ3n) is 4.06. The molecule has 2 rings (SSSR count). The van der Waals surface area contributed by atoms with Gasteiger partial charge in [0.1, 0.15) is 0 Å². The normalized spacial score (nSPS) is 21.1. The second kappa shape index (κ2) is 6.39. The average molecular weight is 252 g/mol. The van der Waals surface area contributed by atoms with Gasteiger partial charge in [-0.1, -0.05) is 39.0 Å². The summed E-state index contributed by atoms with van der Waals surface area (Å²) >= 11 is 6.58. The maximum Gasteiger partial charge on any atom is 0.0404 e. The molecule has 0 radical (unpaired) electrons. The van der Waals surface area contributed by atoms with Crippen molar-refractivity contribution in [2.75, 3.05) is 0 Å². The van der Waals surface area contributed by atoms with Crippen LogP contribution in [0.3, 0.4) is 0 Å². The molecule has 2 atom stereocenters. The molecule has 1 fully saturated rings. The van der Waals surface area contributed by atoms with Crippen molar-refractivity contribution in [1.29, 1.82) is 0 Å². The van der Waals surface area contributed by atoms with Crippen molar-refractivity contribution in [3.8, 4) is 0 Å². The number of pyridine rings is 1. The minimum atomic E-state index is 0.264. The molecule has 0 bridgehead atoms. The number of hydrogen-bond donors (Lipinski definition) is 0. The molecule has 94 valence electrons. The van der Waals surface area contributed by atoms with Gasteiger partial charge in [-0.15, -0.1) is 11.6 Å². The van der Waals surface area contributed by atoms with E-state index in [1.165, 1.54) is 44.1 Å². The molecule has 1 aromatic heterocycles. The first-order chi connectivity index (χ1) is 8.27. The highest BCUT2D eigenvalue weighted by Gasteiger charge is 2.22. The summed E-state index contributed by atoms with van der Waals surface area (Å²) < 4.78 is 0. The molecule has 0 saturated heterocycles. The highest BCUT2D eigenvalue weighted by atomic mass is 35.5. The van der Waals surface area contributed by atoms with Crippen molar-refractivity contribution in [2.45, 2.75) is 56.7 Å². The summed E-state index contributed by atoms with van der Waals surface area (Å²) in [6.45, 7) is 2.23. The van der Waals surface area contributed by atoms with Crippen LogP contribution in [-0.2, 0) is 0 Å². The van der Waals surface area contributed by atoms with E-state index in [9.17, 15) is 0 Å². The Morgan fingerprint density at radius 2 is 1.88 bits per heavy atom. The van der Waals surface area contributed by atoms with E-state index in [0.717, 1.165) is 5.92 Å². The van der Waals surface area contributed by atoms with Crippen molar-refractivity contribution >= 4 is 11.6 Å². The third-order valence-corrected chi connectivity index (χ3v) is 4.61. The molecule has 0 amide bonds. The van der Waals surface area contributed by atoms with Crippen LogP contribution in [0.4, 0.5) is 0 Å². The molecule has 1 saturated carbocycles. The van der Waals surface area contributed by atoms with Gasteiger partial charge in [0.15, 0.2) is 0 Å². The number of hydrogen-bond acceptors (Lipinski definition) is 1. The first kappa shape index (κ1) is 12.9. The highest BCUT2D eigenvalue weighted by Crippen LogP contribution is 2.33. The van der Waals surface area contributed by atoms with Crippen LogP contribution in [0.15, 0.2) is 24.5 Å². The Morgan fingerprint density at radius 1 is 1.24 bits per heavy atom. The maximum absolute atomic E-state index is 6.58. The molecular weight excluding hydrogens is 230 g/mol. The zero-order valence-corrected chi connectivity index (χ0v) is 11.4. The summed E-state index contributed by atoms with van der Waals surface area (Å²) in [7, 11) is 0. The summed E-state index contributed by atoms with van der Waals surface area (Å²) in [5, 5.41) is 0.264. The van der Waals surface area contributed by atoms with Crippen LogP contribution in [0.25, 0.3) is 0 Å². The SMILES string of the molecule is CC(c1ccncc1)C(Cl)CC1CCCCC1. The number of alkyl halides is 1. The van der Waals surface area contributed by atoms with Crippen molar-refractivity contribution in [3.05, 3.63) is 30.1 Å². The van der Waals surface area contributed by atoms with Gasteiger partial charge in [0.25, 0.3) is 0 Å². The average Bonchev–Trinajstić information content (AvgIpc) is 2.40. The summed E-state index contributed by atoms with van der Waals surface area (Å²) in [6, 6.07) is 4.17. The summed E-state index contributed by atoms with van der Waals surface area (Å²) in [6.07, 6.45) is 11.9. The standard InChI is InChI=1S/C15H22ClN/c1-12(14-7-9-17-10-8-14)15(16)11-13-5-3-2-4-6-13/h7-10,12-13,15H,2-6,11H2,1H3. The molecule has 17 heavy (non-hydrogen) atoms. The largest absolute Gasteiger partial charge is 0.265 e. The van der Waals surface area contributed by atoms with Crippen LogP contribution in [0, 0.1) is 5.92 Å². The summed E-state index contributed by atoms with van der Waals surface area (Å²) in [5.41, 5.74) is 1.32. The lowest BCUT2D eigenvalue weighted by atomic mass is 9.83. The van der Waals surface area contributed by atoms with Crippen molar-refractivity contribution in [1.82, 2.24) is 4.98 Å². The van der Waals surface area contributed by atoms with Gasteiger partial charge in [0.05, 0.1) is 0 Å². The van der Waals surface area contributed by atoms with Crippen LogP contribution < -0.4 is 0 Å². The van der Waals surface area contributed by atoms with Gasteiger partial charge >= 0.3 is 0 Å². The van der Waals surface area contributed by atoms with E-state index in [-0.39, 0.29) is 5.38 Å². The molecule has 0 aromatic carbocycles. The zero-order valence-electron chi connectivity index (χ0n) is 10.6. The molecular formula is C15H22ClN. The van der Waals surface area contributed by atoms with Crippen LogP contribution in [0.2, 0.25) is 0 Å². The van der Waals surface area contributed by atoms with E-state index in [2.05, 4.69) is 24.0 Å². The molecule has 0 aliphatic heterocycles. The molecule has 1 heterocycles. The first-order valence-electron chi connectivity index (χ1n) is 6.81. The molecule has 1 aromatic rings. The van der Waals surface area contributed by atoms with Gasteiger partial charge in [-0.25, -0.2) is 0 Å². The van der Waals surface area contributed by atoms with Crippen LogP contribution in [-0.4, -0.2) is 10.4 Å². The minimum absolute atomic E-state index is 0.264. The van der Waals surface area contributed by atoms with Crippen molar-refractivity contribution in [2.24, 2.45) is 5.92 Å². The Morgan fingerprint density at radius 3 is 2.53 bits per heavy atom. The lowest BCUT2D eigenvalue weighted by Crippen LogP contribution is -2.17. The smallest absolute Gasteiger partial charge is 0.0404 e. The quantitative estimate of drug-likeness (QED) is 0.703. The Kier molecular flexibility index (Phi) is 4.85. The monoisotopic (exact) mass is 251 g/mol. The highest BCUT2D eigenvalue weighted by molar-refractivity contribution is 6.21. The summed E-state index contributed by atoms with van der Waals surface area (Å²) in [4.78, 5) is 4.06. The molecule has 1 nitrogen and oxygen atoms in total. The van der Waals surface area contributed by atoms with Crippen LogP contribution in [0.5, 0.6) is 0 Å². The first-order valence-corrected chi connectivity index (χ1v) is 7.25. The number of nitrogens with zero attached hydrogens (tertiary/aromatic N) is 1. The van der Waals surface area contributed by atoms with Gasteiger partial charge in [0.2, 0.25) is 0 Å². The topological polar surface area (TPSA) is 12.9 Å². The van der Waals surface area contributed by atoms with E-state index < -0.39 is 0 Å². The molecule has 1 aliphatic carbocycles. The second-order valence-corrected chi connectivity index (χ2v) is 5.89. The number of rotatable bonds is 4. The molecule has 1 aliphatic rings. The number of halogens is 1. The predicted octanol–water partition coefficient (Wildman–Crippen LogP) is 4.76. The number of aromatic nitrogens is 1. The van der Waals surface area contributed by atoms with E-state index >= 15 is 0 Å². The predicted molar refractivity (Wildman–Crippen MR) is 73.5 cm³/mol. The summed E-state index contributed by atoms with van der Waals surface area (Å²) in [5.74, 6) is 1.29. The zero-order chi connectivity index (χ0) is 12.1. The van der Waals surface area contributed by atoms with Gasteiger partial charge in [0, 0.05) is 17.8 Å². The van der Waals surface area contributed by atoms with Crippen LogP contribution >= 0.6 is 11.6 Å². The lowest BCUT2D eigenvalue weighted by molar-refractivity contribution is 0.328. The van der Waals surface area contributed by atoms with Crippen molar-refractivity contribution < 1.29 is 0 Å². The minimum Gasteiger partial charge on any atom is -0.265 e. The Labute approximate surface area is 110 Å². The van der Waals surface area contributed by atoms with E-state index in [1.807, 2.05) is 12.4 Å². The van der Waals surface area contributed by atoms with Gasteiger partial charge < -0.3 is 0 Å². The second-order valence-electron chi connectivity index (χ2n) is 5.32. The maximum atomic E-state index is 6.58. The molecule has 0 N–H and O–H groups in total. The van der Waals surface area contributed by atoms with Gasteiger partial charge in [-0.3, -0.25) is 4.98 Å². The Balaban J connectivity index is 1.88. The molecule has 0 spiro atoms.